The molecule has 0 nitrogen and oxygen atoms in total. The van der Waals surface area contributed by atoms with Crippen LogP contribution in [0.4, 0.5) is 0 Å². The van der Waals surface area contributed by atoms with Crippen molar-refractivity contribution in [2.75, 3.05) is 0 Å². The molecule has 0 atom stereocenters. The van der Waals surface area contributed by atoms with Gasteiger partial charge in [0, 0.05) is 0 Å². The van der Waals surface area contributed by atoms with Crippen molar-refractivity contribution in [2.24, 2.45) is 0 Å². The average Bonchev–Trinajstić information content (AvgIpc) is 0. The van der Waals surface area contributed by atoms with E-state index in [4.69, 9.17) is 0 Å². The van der Waals surface area contributed by atoms with E-state index in [2.05, 4.69) is 0 Å². The van der Waals surface area contributed by atoms with Crippen LogP contribution in [0.2, 0.25) is 0 Å². The zero-order chi connectivity index (χ0) is 0. The molecule has 0 rings (SSSR count). The van der Waals surface area contributed by atoms with E-state index >= 15 is 0 Å². The van der Waals surface area contributed by atoms with Gasteiger partial charge in [0.05, 0.1) is 0 Å². The summed E-state index contributed by atoms with van der Waals surface area (Å²) in [6.45, 7) is 0. The van der Waals surface area contributed by atoms with Gasteiger partial charge in [0.15, 0.2) is 0 Å². The maximum atomic E-state index is 0. The Morgan fingerprint density at radius 1 is 0.600 bits per heavy atom. The fraction of sp³-hybridized carbons (Fsp3) is 0. The predicted octanol–water partition coefficient (Wildman–Crippen LogP) is 0.164. The molecule has 2 radical (unpaired) electrons. The van der Waals surface area contributed by atoms with Gasteiger partial charge in [0.25, 0.3) is 0 Å². The number of hydrogen-bond donors (Lipinski definition) is 0. The zero-order valence-electron chi connectivity index (χ0n) is 4.50. The Morgan fingerprint density at radius 3 is 0.600 bits per heavy atom. The van der Waals surface area contributed by atoms with Gasteiger partial charge in [-0.05, 0) is 11.0 Å². The molecule has 32 valence electrons. The maximum absolute atomic E-state index is 0. The third-order valence-corrected chi connectivity index (χ3v) is 0. The van der Waals surface area contributed by atoms with Gasteiger partial charge in [-0.1, -0.05) is 0 Å². The Morgan fingerprint density at radius 2 is 0.600 bits per heavy atom. The van der Waals surface area contributed by atoms with E-state index in [0.29, 0.717) is 0 Å². The molecule has 0 aliphatic carbocycles. The van der Waals surface area contributed by atoms with Gasteiger partial charge >= 0.3 is 26.2 Å². The van der Waals surface area contributed by atoms with Crippen molar-refractivity contribution in [3.05, 3.63) is 22.3 Å². The monoisotopic (exact) mass is 166 g/mol. The van der Waals surface area contributed by atoms with E-state index in [9.17, 15) is 0 Å². The van der Waals surface area contributed by atoms with Gasteiger partial charge in [-0.3, -0.25) is 0 Å². The minimum atomic E-state index is 0. The molecule has 0 aliphatic heterocycles. The van der Waals surface area contributed by atoms with Crippen LogP contribution in [0.5, 0.6) is 0 Å². The quantitative estimate of drug-likeness (QED) is 0.356. The molecule has 0 saturated heterocycles. The van der Waals surface area contributed by atoms with Crippen LogP contribution in [0, 0.1) is 22.3 Å². The van der Waals surface area contributed by atoms with Crippen LogP contribution in [0.15, 0.2) is 0 Å². The molecule has 0 aromatic rings. The summed E-state index contributed by atoms with van der Waals surface area (Å²) >= 11 is 0. The molecule has 0 aromatic carbocycles. The number of hydrogen-bond acceptors (Lipinski definition) is 0. The molecule has 0 amide bonds. The summed E-state index contributed by atoms with van der Waals surface area (Å²) < 4.78 is 0. The van der Waals surface area contributed by atoms with Gasteiger partial charge in [-0.2, -0.15) is 0 Å². The molecule has 0 aliphatic rings. The molecule has 0 saturated carbocycles. The van der Waals surface area contributed by atoms with Gasteiger partial charge < -0.3 is 22.3 Å². The van der Waals surface area contributed by atoms with Gasteiger partial charge in [-0.25, -0.2) is 0 Å². The van der Waals surface area contributed by atoms with Crippen LogP contribution >= 0.6 is 0 Å². The molecule has 5 heavy (non-hydrogen) atoms. The first-order valence-corrected chi connectivity index (χ1v) is 0. The molecule has 0 bridgehead atoms. The summed E-state index contributed by atoms with van der Waals surface area (Å²) in [4.78, 5) is 0. The van der Waals surface area contributed by atoms with Crippen LogP contribution in [0.25, 0.3) is 0 Å². The van der Waals surface area contributed by atoms with Crippen molar-refractivity contribution in [3.8, 4) is 0 Å². The standard InChI is InChI=1S/3CH3.H3Si.Zr/h4*1H3;/q3*-1;;+3. The first-order valence-electron chi connectivity index (χ1n) is 0. The van der Waals surface area contributed by atoms with Crippen molar-refractivity contribution in [1.82, 2.24) is 0 Å². The second-order valence-corrected chi connectivity index (χ2v) is 0. The largest absolute Gasteiger partial charge is 3.00 e. The van der Waals surface area contributed by atoms with Gasteiger partial charge in [0.2, 0.25) is 0 Å². The van der Waals surface area contributed by atoms with Crippen LogP contribution in [-0.2, 0) is 26.2 Å². The molecule has 0 fully saturated rings. The van der Waals surface area contributed by atoms with Crippen molar-refractivity contribution >= 4 is 11.0 Å². The second-order valence-electron chi connectivity index (χ2n) is 0. The predicted molar refractivity (Wildman–Crippen MR) is 29.2 cm³/mol. The zero-order valence-corrected chi connectivity index (χ0v) is 8.96. The summed E-state index contributed by atoms with van der Waals surface area (Å²) in [5, 5.41) is 0. The van der Waals surface area contributed by atoms with Gasteiger partial charge in [0.1, 0.15) is 0 Å². The fourth-order valence-electron chi connectivity index (χ4n) is 0. The van der Waals surface area contributed by atoms with E-state index in [0.717, 1.165) is 0 Å². The molecular weight excluding hydrogens is 155 g/mol. The molecule has 0 unspecified atom stereocenters. The Kier molecular flexibility index (Phi) is 1860. The van der Waals surface area contributed by atoms with E-state index in [-0.39, 0.29) is 59.4 Å². The molecule has 0 aromatic heterocycles. The molecule has 2 heteroatoms. The smallest absolute Gasteiger partial charge is 0.358 e. The van der Waals surface area contributed by atoms with E-state index < -0.39 is 0 Å². The van der Waals surface area contributed by atoms with Crippen LogP contribution in [0.3, 0.4) is 0 Å². The minimum absolute atomic E-state index is 0. The average molecular weight is 167 g/mol. The molecule has 0 heterocycles. The molecular formula is C3H12SiZr. The minimum Gasteiger partial charge on any atom is -0.358 e. The first kappa shape index (κ1) is 131. The summed E-state index contributed by atoms with van der Waals surface area (Å²) in [6.07, 6.45) is 0. The van der Waals surface area contributed by atoms with E-state index in [1.807, 2.05) is 0 Å². The summed E-state index contributed by atoms with van der Waals surface area (Å²) in [5.41, 5.74) is 0. The van der Waals surface area contributed by atoms with Crippen molar-refractivity contribution in [1.29, 1.82) is 0 Å². The van der Waals surface area contributed by atoms with E-state index in [1.165, 1.54) is 0 Å². The van der Waals surface area contributed by atoms with Crippen LogP contribution in [-0.4, -0.2) is 11.0 Å². The fourth-order valence-corrected chi connectivity index (χ4v) is 0. The molecule has 0 N–H and O–H groups in total. The third-order valence-electron chi connectivity index (χ3n) is 0. The SMILES string of the molecule is [CH3-].[CH3-].[CH3-].[SiH3].[Zr+3]. The van der Waals surface area contributed by atoms with Gasteiger partial charge in [-0.15, -0.1) is 0 Å². The van der Waals surface area contributed by atoms with Crippen molar-refractivity contribution in [3.63, 3.8) is 0 Å². The summed E-state index contributed by atoms with van der Waals surface area (Å²) in [5.74, 6) is 0. The maximum Gasteiger partial charge on any atom is 3.00 e. The normalized spacial score (nSPS) is 0. The topological polar surface area (TPSA) is 0 Å². The summed E-state index contributed by atoms with van der Waals surface area (Å²) in [6, 6.07) is 0. The Balaban J connectivity index is 0. The van der Waals surface area contributed by atoms with E-state index in [1.54, 1.807) is 0 Å². The van der Waals surface area contributed by atoms with Crippen molar-refractivity contribution in [2.45, 2.75) is 0 Å². The Bertz CT molecular complexity index is 6.85. The Hall–Kier alpha value is 1.10. The Labute approximate surface area is 59.5 Å². The van der Waals surface area contributed by atoms with Crippen LogP contribution in [0.1, 0.15) is 0 Å². The summed E-state index contributed by atoms with van der Waals surface area (Å²) in [7, 11) is 0. The van der Waals surface area contributed by atoms with Crippen LogP contribution < -0.4 is 0 Å². The third kappa shape index (κ3) is 40.5. The first-order chi connectivity index (χ1) is 0. The number of rotatable bonds is 0. The second kappa shape index (κ2) is 70.9. The van der Waals surface area contributed by atoms with Crippen molar-refractivity contribution < 1.29 is 26.2 Å². The molecule has 0 spiro atoms.